The molecular formula is C13H13N3S. The normalized spacial score (nSPS) is 11.6. The van der Waals surface area contributed by atoms with E-state index in [1.807, 2.05) is 41.8 Å². The zero-order chi connectivity index (χ0) is 12.1. The van der Waals surface area contributed by atoms with E-state index in [2.05, 4.69) is 29.0 Å². The number of hydrogen-bond donors (Lipinski definition) is 0. The van der Waals surface area contributed by atoms with Gasteiger partial charge >= 0.3 is 0 Å². The molecule has 0 aliphatic carbocycles. The highest BCUT2D eigenvalue weighted by Gasteiger charge is 2.09. The van der Waals surface area contributed by atoms with Gasteiger partial charge in [0.05, 0.1) is 5.25 Å². The number of thioether (sulfide) groups is 1. The minimum atomic E-state index is 0.215. The van der Waals surface area contributed by atoms with Gasteiger partial charge in [-0.2, -0.15) is 0 Å². The van der Waals surface area contributed by atoms with Crippen LogP contribution in [0, 0.1) is 11.8 Å². The Morgan fingerprint density at radius 2 is 2.06 bits per heavy atom. The average Bonchev–Trinajstić information content (AvgIpc) is 2.78. The summed E-state index contributed by atoms with van der Waals surface area (Å²) in [6, 6.07) is 10.1. The minimum absolute atomic E-state index is 0.215. The van der Waals surface area contributed by atoms with Crippen LogP contribution in [0.3, 0.4) is 0 Å². The minimum Gasteiger partial charge on any atom is -0.277 e. The molecule has 1 atom stereocenters. The van der Waals surface area contributed by atoms with Crippen LogP contribution in [0.2, 0.25) is 0 Å². The second-order valence-corrected chi connectivity index (χ2v) is 4.78. The standard InChI is InChI=1S/C13H13N3S/c1-3-7-11(2)17-13-15-14-10-16(13)12-8-5-4-6-9-12/h4-6,8-11H,1-2H3. The van der Waals surface area contributed by atoms with Crippen molar-refractivity contribution in [2.45, 2.75) is 24.3 Å². The van der Waals surface area contributed by atoms with Gasteiger partial charge in [-0.15, -0.1) is 16.1 Å². The number of para-hydroxylation sites is 1. The van der Waals surface area contributed by atoms with Gasteiger partial charge in [0.25, 0.3) is 0 Å². The lowest BCUT2D eigenvalue weighted by atomic mass is 10.3. The van der Waals surface area contributed by atoms with Gasteiger partial charge < -0.3 is 0 Å². The van der Waals surface area contributed by atoms with Crippen LogP contribution in [-0.2, 0) is 0 Å². The van der Waals surface area contributed by atoms with E-state index < -0.39 is 0 Å². The summed E-state index contributed by atoms with van der Waals surface area (Å²) < 4.78 is 1.97. The van der Waals surface area contributed by atoms with Gasteiger partial charge in [0.15, 0.2) is 5.16 Å². The smallest absolute Gasteiger partial charge is 0.196 e. The van der Waals surface area contributed by atoms with Crippen LogP contribution >= 0.6 is 11.8 Å². The summed E-state index contributed by atoms with van der Waals surface area (Å²) >= 11 is 1.61. The summed E-state index contributed by atoms with van der Waals surface area (Å²) in [6.45, 7) is 3.91. The Labute approximate surface area is 105 Å². The van der Waals surface area contributed by atoms with E-state index in [1.165, 1.54) is 0 Å². The first-order chi connectivity index (χ1) is 8.31. The van der Waals surface area contributed by atoms with Crippen molar-refractivity contribution < 1.29 is 0 Å². The van der Waals surface area contributed by atoms with Gasteiger partial charge in [0.1, 0.15) is 6.33 Å². The largest absolute Gasteiger partial charge is 0.277 e. The molecule has 0 fully saturated rings. The van der Waals surface area contributed by atoms with Gasteiger partial charge in [0.2, 0.25) is 0 Å². The second kappa shape index (κ2) is 5.55. The maximum Gasteiger partial charge on any atom is 0.196 e. The molecule has 0 aliphatic rings. The van der Waals surface area contributed by atoms with Crippen LogP contribution in [-0.4, -0.2) is 20.0 Å². The van der Waals surface area contributed by atoms with Gasteiger partial charge in [-0.05, 0) is 26.0 Å². The number of benzene rings is 1. The third-order valence-corrected chi connectivity index (χ3v) is 3.14. The van der Waals surface area contributed by atoms with Crippen molar-refractivity contribution in [3.05, 3.63) is 36.7 Å². The highest BCUT2D eigenvalue weighted by atomic mass is 32.2. The number of rotatable bonds is 3. The van der Waals surface area contributed by atoms with Crippen molar-refractivity contribution in [1.29, 1.82) is 0 Å². The summed E-state index contributed by atoms with van der Waals surface area (Å²) in [5, 5.41) is 9.16. The fourth-order valence-electron chi connectivity index (χ4n) is 1.46. The zero-order valence-corrected chi connectivity index (χ0v) is 10.6. The van der Waals surface area contributed by atoms with Crippen LogP contribution in [0.25, 0.3) is 5.69 Å². The molecule has 3 nitrogen and oxygen atoms in total. The monoisotopic (exact) mass is 243 g/mol. The van der Waals surface area contributed by atoms with Crippen molar-refractivity contribution in [2.24, 2.45) is 0 Å². The van der Waals surface area contributed by atoms with Gasteiger partial charge in [-0.1, -0.05) is 35.9 Å². The Bertz CT molecular complexity index is 537. The van der Waals surface area contributed by atoms with Crippen LogP contribution in [0.15, 0.2) is 41.8 Å². The molecule has 0 amide bonds. The van der Waals surface area contributed by atoms with Gasteiger partial charge in [-0.25, -0.2) is 0 Å². The molecule has 1 heterocycles. The fraction of sp³-hybridized carbons (Fsp3) is 0.231. The maximum absolute atomic E-state index is 4.12. The second-order valence-electron chi connectivity index (χ2n) is 3.47. The average molecular weight is 243 g/mol. The quantitative estimate of drug-likeness (QED) is 0.613. The number of nitrogens with zero attached hydrogens (tertiary/aromatic N) is 3. The molecule has 0 saturated carbocycles. The van der Waals surface area contributed by atoms with Crippen molar-refractivity contribution in [1.82, 2.24) is 14.8 Å². The molecule has 1 aromatic carbocycles. The topological polar surface area (TPSA) is 30.7 Å². The molecular weight excluding hydrogens is 230 g/mol. The fourth-order valence-corrected chi connectivity index (χ4v) is 2.31. The number of hydrogen-bond acceptors (Lipinski definition) is 3. The highest BCUT2D eigenvalue weighted by molar-refractivity contribution is 8.00. The first kappa shape index (κ1) is 11.7. The Morgan fingerprint density at radius 3 is 2.76 bits per heavy atom. The van der Waals surface area contributed by atoms with E-state index in [1.54, 1.807) is 18.1 Å². The summed E-state index contributed by atoms with van der Waals surface area (Å²) in [4.78, 5) is 0. The first-order valence-electron chi connectivity index (χ1n) is 5.35. The van der Waals surface area contributed by atoms with E-state index in [0.29, 0.717) is 0 Å². The Morgan fingerprint density at radius 1 is 1.29 bits per heavy atom. The Hall–Kier alpha value is -1.73. The SMILES string of the molecule is CC#CC(C)Sc1nncn1-c1ccccc1. The third-order valence-electron chi connectivity index (χ3n) is 2.18. The van der Waals surface area contributed by atoms with E-state index in [4.69, 9.17) is 0 Å². The lowest BCUT2D eigenvalue weighted by molar-refractivity contribution is 0.882. The molecule has 0 bridgehead atoms. The Balaban J connectivity index is 2.25. The highest BCUT2D eigenvalue weighted by Crippen LogP contribution is 2.22. The van der Waals surface area contributed by atoms with Crippen LogP contribution < -0.4 is 0 Å². The van der Waals surface area contributed by atoms with Crippen molar-refractivity contribution in [3.63, 3.8) is 0 Å². The third kappa shape index (κ3) is 2.89. The van der Waals surface area contributed by atoms with E-state index in [9.17, 15) is 0 Å². The summed E-state index contributed by atoms with van der Waals surface area (Å²) in [6.07, 6.45) is 1.73. The molecule has 4 heteroatoms. The summed E-state index contributed by atoms with van der Waals surface area (Å²) in [7, 11) is 0. The molecule has 0 aliphatic heterocycles. The lowest BCUT2D eigenvalue weighted by Crippen LogP contribution is -1.98. The molecule has 2 aromatic rings. The summed E-state index contributed by atoms with van der Waals surface area (Å²) in [5.41, 5.74) is 1.07. The van der Waals surface area contributed by atoms with Crippen molar-refractivity contribution in [3.8, 4) is 17.5 Å². The molecule has 0 radical (unpaired) electrons. The molecule has 17 heavy (non-hydrogen) atoms. The summed E-state index contributed by atoms with van der Waals surface area (Å²) in [5.74, 6) is 6.01. The molecule has 0 saturated heterocycles. The van der Waals surface area contributed by atoms with Crippen LogP contribution in [0.5, 0.6) is 0 Å². The molecule has 2 rings (SSSR count). The molecule has 1 unspecified atom stereocenters. The van der Waals surface area contributed by atoms with Crippen molar-refractivity contribution >= 4 is 11.8 Å². The van der Waals surface area contributed by atoms with E-state index in [0.717, 1.165) is 10.8 Å². The molecule has 0 spiro atoms. The zero-order valence-electron chi connectivity index (χ0n) is 9.79. The molecule has 0 N–H and O–H groups in total. The van der Waals surface area contributed by atoms with E-state index >= 15 is 0 Å². The van der Waals surface area contributed by atoms with Crippen LogP contribution in [0.4, 0.5) is 0 Å². The van der Waals surface area contributed by atoms with Crippen molar-refractivity contribution in [2.75, 3.05) is 0 Å². The van der Waals surface area contributed by atoms with E-state index in [-0.39, 0.29) is 5.25 Å². The maximum atomic E-state index is 4.12. The first-order valence-corrected chi connectivity index (χ1v) is 6.23. The number of aromatic nitrogens is 3. The predicted octanol–water partition coefficient (Wildman–Crippen LogP) is 2.77. The predicted molar refractivity (Wildman–Crippen MR) is 70.1 cm³/mol. The molecule has 86 valence electrons. The molecule has 1 aromatic heterocycles. The van der Waals surface area contributed by atoms with Gasteiger partial charge in [-0.3, -0.25) is 4.57 Å². The van der Waals surface area contributed by atoms with Crippen LogP contribution in [0.1, 0.15) is 13.8 Å². The van der Waals surface area contributed by atoms with Gasteiger partial charge in [0, 0.05) is 5.69 Å². The lowest BCUT2D eigenvalue weighted by Gasteiger charge is -2.06. The Kier molecular flexibility index (Phi) is 3.84.